The minimum absolute atomic E-state index is 0.0556. The van der Waals surface area contributed by atoms with E-state index in [0.717, 1.165) is 16.0 Å². The molecule has 5 aromatic rings. The van der Waals surface area contributed by atoms with Gasteiger partial charge in [-0.3, -0.25) is 9.89 Å². The van der Waals surface area contributed by atoms with Gasteiger partial charge in [-0.1, -0.05) is 60.7 Å². The highest BCUT2D eigenvalue weighted by molar-refractivity contribution is 7.14. The average Bonchev–Trinajstić information content (AvgIpc) is 3.39. The summed E-state index contributed by atoms with van der Waals surface area (Å²) >= 11 is 1.65. The summed E-state index contributed by atoms with van der Waals surface area (Å²) in [4.78, 5) is 18.6. The van der Waals surface area contributed by atoms with Gasteiger partial charge in [-0.2, -0.15) is 0 Å². The molecule has 4 nitrogen and oxygen atoms in total. The fourth-order valence-electron chi connectivity index (χ4n) is 3.37. The van der Waals surface area contributed by atoms with Crippen LogP contribution in [0, 0.1) is 0 Å². The van der Waals surface area contributed by atoms with E-state index < -0.39 is 0 Å². The molecule has 0 aliphatic carbocycles. The number of nitrogens with one attached hydrogen (secondary N) is 1. The number of H-pyrrole nitrogens is 1. The maximum Gasteiger partial charge on any atom is 0.276 e. The van der Waals surface area contributed by atoms with Gasteiger partial charge >= 0.3 is 0 Å². The van der Waals surface area contributed by atoms with Crippen molar-refractivity contribution in [3.8, 4) is 21.6 Å². The first kappa shape index (κ1) is 16.7. The lowest BCUT2D eigenvalue weighted by molar-refractivity contribution is 0.873. The Balaban J connectivity index is 1.53. The van der Waals surface area contributed by atoms with Crippen LogP contribution in [0.2, 0.25) is 0 Å². The van der Waals surface area contributed by atoms with Gasteiger partial charge in [0.1, 0.15) is 0 Å². The van der Waals surface area contributed by atoms with Crippen LogP contribution in [0.3, 0.4) is 0 Å². The second-order valence-electron chi connectivity index (χ2n) is 6.66. The molecular formula is C23H17N3OS. The maximum atomic E-state index is 12.9. The van der Waals surface area contributed by atoms with Crippen LogP contribution in [-0.2, 0) is 6.42 Å². The molecule has 0 aliphatic heterocycles. The molecule has 3 aromatic heterocycles. The molecule has 0 aliphatic rings. The van der Waals surface area contributed by atoms with E-state index in [2.05, 4.69) is 33.7 Å². The Morgan fingerprint density at radius 3 is 2.50 bits per heavy atom. The van der Waals surface area contributed by atoms with Gasteiger partial charge in [-0.05, 0) is 28.1 Å². The van der Waals surface area contributed by atoms with E-state index in [-0.39, 0.29) is 5.56 Å². The number of hydrogen-bond donors (Lipinski definition) is 1. The molecule has 0 spiro atoms. The smallest absolute Gasteiger partial charge is 0.276 e. The van der Waals surface area contributed by atoms with E-state index in [1.54, 1.807) is 17.5 Å². The first-order valence-electron chi connectivity index (χ1n) is 9.06. The summed E-state index contributed by atoms with van der Waals surface area (Å²) in [6.07, 6.45) is 4.13. The molecule has 0 fully saturated rings. The molecule has 0 saturated heterocycles. The van der Waals surface area contributed by atoms with Crippen molar-refractivity contribution in [1.82, 2.24) is 14.6 Å². The lowest BCUT2D eigenvalue weighted by Crippen LogP contribution is -2.19. The van der Waals surface area contributed by atoms with Crippen LogP contribution in [0.1, 0.15) is 11.1 Å². The fourth-order valence-corrected chi connectivity index (χ4v) is 4.30. The Labute approximate surface area is 165 Å². The monoisotopic (exact) mass is 383 g/mol. The molecule has 5 rings (SSSR count). The Kier molecular flexibility index (Phi) is 4.14. The molecule has 1 N–H and O–H groups in total. The molecule has 136 valence electrons. The van der Waals surface area contributed by atoms with Crippen molar-refractivity contribution in [1.29, 1.82) is 0 Å². The second kappa shape index (κ2) is 6.94. The zero-order valence-electron chi connectivity index (χ0n) is 15.0. The number of hydrogen-bond acceptors (Lipinski definition) is 3. The largest absolute Gasteiger partial charge is 0.296 e. The van der Waals surface area contributed by atoms with Gasteiger partial charge in [-0.15, -0.1) is 11.3 Å². The van der Waals surface area contributed by atoms with Crippen molar-refractivity contribution < 1.29 is 0 Å². The molecule has 0 saturated carbocycles. The van der Waals surface area contributed by atoms with E-state index in [1.165, 1.54) is 15.6 Å². The molecule has 0 amide bonds. The third-order valence-corrected chi connectivity index (χ3v) is 5.78. The van der Waals surface area contributed by atoms with Crippen LogP contribution in [0.25, 0.3) is 27.2 Å². The van der Waals surface area contributed by atoms with Crippen LogP contribution in [0.5, 0.6) is 0 Å². The van der Waals surface area contributed by atoms with Gasteiger partial charge < -0.3 is 0 Å². The minimum Gasteiger partial charge on any atom is -0.296 e. The van der Waals surface area contributed by atoms with Crippen LogP contribution in [0.4, 0.5) is 0 Å². The summed E-state index contributed by atoms with van der Waals surface area (Å²) in [5.41, 5.74) is 5.66. The topological polar surface area (TPSA) is 50.2 Å². The minimum atomic E-state index is -0.0556. The molecule has 0 atom stereocenters. The van der Waals surface area contributed by atoms with Gasteiger partial charge in [0.05, 0.1) is 5.56 Å². The van der Waals surface area contributed by atoms with Crippen LogP contribution in [0.15, 0.2) is 89.3 Å². The summed E-state index contributed by atoms with van der Waals surface area (Å²) in [5, 5.41) is 5.21. The number of aromatic nitrogens is 3. The molecule has 3 heterocycles. The SMILES string of the molecule is O=c1c(Cc2ccccc2)cnc2c(-c3cc(-c4ccccc4)cs3)c[nH]n12. The number of rotatable bonds is 4. The summed E-state index contributed by atoms with van der Waals surface area (Å²) < 4.78 is 1.54. The Bertz CT molecular complexity index is 1300. The van der Waals surface area contributed by atoms with Crippen LogP contribution < -0.4 is 5.56 Å². The summed E-state index contributed by atoms with van der Waals surface area (Å²) in [7, 11) is 0. The van der Waals surface area contributed by atoms with E-state index in [9.17, 15) is 4.79 Å². The number of fused-ring (bicyclic) bond motifs is 1. The Morgan fingerprint density at radius 1 is 0.964 bits per heavy atom. The quantitative estimate of drug-likeness (QED) is 0.474. The van der Waals surface area contributed by atoms with Crippen molar-refractivity contribution >= 4 is 17.0 Å². The van der Waals surface area contributed by atoms with E-state index >= 15 is 0 Å². The predicted molar refractivity (Wildman–Crippen MR) is 114 cm³/mol. The molecule has 0 radical (unpaired) electrons. The van der Waals surface area contributed by atoms with E-state index in [1.807, 2.05) is 54.7 Å². The van der Waals surface area contributed by atoms with Crippen molar-refractivity contribution in [3.63, 3.8) is 0 Å². The summed E-state index contributed by atoms with van der Waals surface area (Å²) in [6.45, 7) is 0. The second-order valence-corrected chi connectivity index (χ2v) is 7.57. The normalized spacial score (nSPS) is 11.1. The maximum absolute atomic E-state index is 12.9. The van der Waals surface area contributed by atoms with Gasteiger partial charge in [0.15, 0.2) is 5.65 Å². The Morgan fingerprint density at radius 2 is 1.71 bits per heavy atom. The molecule has 2 aromatic carbocycles. The zero-order valence-corrected chi connectivity index (χ0v) is 15.8. The third-order valence-electron chi connectivity index (χ3n) is 4.82. The highest BCUT2D eigenvalue weighted by Gasteiger charge is 2.14. The summed E-state index contributed by atoms with van der Waals surface area (Å²) in [5.74, 6) is 0. The molecule has 0 bridgehead atoms. The lowest BCUT2D eigenvalue weighted by Gasteiger charge is -2.02. The molecule has 28 heavy (non-hydrogen) atoms. The van der Waals surface area contributed by atoms with Crippen molar-refractivity contribution in [2.75, 3.05) is 0 Å². The number of thiophene rings is 1. The van der Waals surface area contributed by atoms with E-state index in [4.69, 9.17) is 0 Å². The number of aromatic amines is 1. The first-order valence-corrected chi connectivity index (χ1v) is 9.94. The van der Waals surface area contributed by atoms with Crippen molar-refractivity contribution in [2.24, 2.45) is 0 Å². The van der Waals surface area contributed by atoms with E-state index in [0.29, 0.717) is 17.6 Å². The average molecular weight is 383 g/mol. The Hall–Kier alpha value is -3.44. The van der Waals surface area contributed by atoms with Crippen LogP contribution >= 0.6 is 11.3 Å². The standard InChI is InChI=1S/C23H17N3OS/c27-23-18(11-16-7-3-1-4-8-16)13-24-22-20(14-25-26(22)23)21-12-19(15-28-21)17-9-5-2-6-10-17/h1-10,12-15,25H,11H2. The predicted octanol–water partition coefficient (Wildman–Crippen LogP) is 5.01. The summed E-state index contributed by atoms with van der Waals surface area (Å²) in [6, 6.07) is 22.4. The number of benzene rings is 2. The third kappa shape index (κ3) is 2.96. The molecule has 5 heteroatoms. The van der Waals surface area contributed by atoms with Crippen molar-refractivity contribution in [3.05, 3.63) is 106 Å². The van der Waals surface area contributed by atoms with Crippen molar-refractivity contribution in [2.45, 2.75) is 6.42 Å². The number of nitrogens with zero attached hydrogens (tertiary/aromatic N) is 2. The molecular weight excluding hydrogens is 366 g/mol. The van der Waals surface area contributed by atoms with Gasteiger partial charge in [0.2, 0.25) is 0 Å². The first-order chi connectivity index (χ1) is 13.8. The molecule has 0 unspecified atom stereocenters. The fraction of sp³-hybridized carbons (Fsp3) is 0.0435. The van der Waals surface area contributed by atoms with Gasteiger partial charge in [0.25, 0.3) is 5.56 Å². The van der Waals surface area contributed by atoms with Crippen LogP contribution in [-0.4, -0.2) is 14.6 Å². The highest BCUT2D eigenvalue weighted by Crippen LogP contribution is 2.33. The van der Waals surface area contributed by atoms with Gasteiger partial charge in [-0.25, -0.2) is 9.50 Å². The zero-order chi connectivity index (χ0) is 18.9. The lowest BCUT2D eigenvalue weighted by atomic mass is 10.1. The van der Waals surface area contributed by atoms with Gasteiger partial charge in [0, 0.05) is 29.3 Å². The highest BCUT2D eigenvalue weighted by atomic mass is 32.1.